The molecule has 2 aromatic carbocycles. The molecule has 6 heteroatoms. The Bertz CT molecular complexity index is 656. The van der Waals surface area contributed by atoms with Crippen LogP contribution in [0, 0.1) is 11.6 Å². The van der Waals surface area contributed by atoms with Gasteiger partial charge in [0.1, 0.15) is 11.6 Å². The minimum Gasteiger partial charge on any atom is -0.493 e. The number of benzene rings is 2. The number of amides is 1. The van der Waals surface area contributed by atoms with Crippen molar-refractivity contribution in [1.82, 2.24) is 5.32 Å². The van der Waals surface area contributed by atoms with Gasteiger partial charge in [-0.3, -0.25) is 4.79 Å². The smallest absolute Gasteiger partial charge is 0.257 e. The van der Waals surface area contributed by atoms with Crippen molar-refractivity contribution in [1.29, 1.82) is 0 Å². The number of carbonyl (C=O) groups excluding carboxylic acids is 1. The first-order valence-corrected chi connectivity index (χ1v) is 7.06. The number of halogens is 2. The molecule has 0 bridgehead atoms. The van der Waals surface area contributed by atoms with Gasteiger partial charge in [0, 0.05) is 12.6 Å². The van der Waals surface area contributed by atoms with Gasteiger partial charge in [0.15, 0.2) is 18.1 Å². The average Bonchev–Trinajstić information content (AvgIpc) is 2.52. The number of para-hydroxylation sites is 2. The largest absolute Gasteiger partial charge is 0.493 e. The van der Waals surface area contributed by atoms with Crippen LogP contribution in [-0.4, -0.2) is 26.2 Å². The van der Waals surface area contributed by atoms with Crippen LogP contribution in [0.1, 0.15) is 5.56 Å². The number of carbonyl (C=O) groups is 1. The lowest BCUT2D eigenvalue weighted by Crippen LogP contribution is -2.30. The minimum absolute atomic E-state index is 0.169. The third-order valence-corrected chi connectivity index (χ3v) is 3.09. The summed E-state index contributed by atoms with van der Waals surface area (Å²) in [5, 5.41) is 2.63. The first kappa shape index (κ1) is 16.7. The summed E-state index contributed by atoms with van der Waals surface area (Å²) in [4.78, 5) is 11.7. The molecule has 2 aromatic rings. The van der Waals surface area contributed by atoms with Crippen molar-refractivity contribution >= 4 is 5.91 Å². The van der Waals surface area contributed by atoms with Crippen LogP contribution in [0.4, 0.5) is 8.78 Å². The zero-order chi connectivity index (χ0) is 16.7. The number of methoxy groups -OCH3 is 1. The van der Waals surface area contributed by atoms with E-state index in [1.165, 1.54) is 19.2 Å². The van der Waals surface area contributed by atoms with Gasteiger partial charge in [0.25, 0.3) is 5.91 Å². The van der Waals surface area contributed by atoms with Crippen molar-refractivity contribution in [3.05, 3.63) is 59.7 Å². The van der Waals surface area contributed by atoms with E-state index >= 15 is 0 Å². The molecule has 0 aliphatic rings. The summed E-state index contributed by atoms with van der Waals surface area (Å²) in [6.07, 6.45) is 0.328. The standard InChI is InChI=1S/C17H17F2NO3/c1-22-15-4-2-3-5-16(15)23-11-17(21)20-7-6-12-8-13(18)10-14(19)9-12/h2-5,8-10H,6-7,11H2,1H3,(H,20,21). The van der Waals surface area contributed by atoms with Crippen LogP contribution in [-0.2, 0) is 11.2 Å². The van der Waals surface area contributed by atoms with Gasteiger partial charge in [0.2, 0.25) is 0 Å². The fourth-order valence-electron chi connectivity index (χ4n) is 2.03. The van der Waals surface area contributed by atoms with Crippen molar-refractivity contribution in [3.63, 3.8) is 0 Å². The van der Waals surface area contributed by atoms with E-state index in [1.807, 2.05) is 0 Å². The summed E-state index contributed by atoms with van der Waals surface area (Å²) in [5.41, 5.74) is 0.480. The van der Waals surface area contributed by atoms with Gasteiger partial charge in [-0.2, -0.15) is 0 Å². The van der Waals surface area contributed by atoms with Crippen molar-refractivity contribution in [2.75, 3.05) is 20.3 Å². The molecule has 2 rings (SSSR count). The second kappa shape index (κ2) is 8.12. The summed E-state index contributed by atoms with van der Waals surface area (Å²) >= 11 is 0. The summed E-state index contributed by atoms with van der Waals surface area (Å²) in [6, 6.07) is 10.3. The molecule has 0 aromatic heterocycles. The molecular formula is C17H17F2NO3. The highest BCUT2D eigenvalue weighted by atomic mass is 19.1. The molecule has 0 saturated carbocycles. The Morgan fingerprint density at radius 3 is 2.39 bits per heavy atom. The summed E-state index contributed by atoms with van der Waals surface area (Å²) in [6.45, 7) is 0.0922. The van der Waals surface area contributed by atoms with Gasteiger partial charge in [-0.1, -0.05) is 12.1 Å². The Balaban J connectivity index is 1.77. The second-order valence-electron chi connectivity index (χ2n) is 4.82. The Hall–Kier alpha value is -2.63. The summed E-state index contributed by atoms with van der Waals surface area (Å²) < 4.78 is 36.6. The van der Waals surface area contributed by atoms with Gasteiger partial charge in [-0.15, -0.1) is 0 Å². The monoisotopic (exact) mass is 321 g/mol. The minimum atomic E-state index is -0.633. The molecule has 0 atom stereocenters. The van der Waals surface area contributed by atoms with E-state index in [9.17, 15) is 13.6 Å². The van der Waals surface area contributed by atoms with Crippen LogP contribution in [0.5, 0.6) is 11.5 Å². The van der Waals surface area contributed by atoms with Crippen LogP contribution in [0.3, 0.4) is 0 Å². The van der Waals surface area contributed by atoms with Crippen LogP contribution in [0.15, 0.2) is 42.5 Å². The first-order valence-electron chi connectivity index (χ1n) is 7.06. The number of rotatable bonds is 7. The molecule has 0 fully saturated rings. The van der Waals surface area contributed by atoms with E-state index in [-0.39, 0.29) is 19.1 Å². The predicted molar refractivity (Wildman–Crippen MR) is 81.6 cm³/mol. The molecule has 0 spiro atoms. The third kappa shape index (κ3) is 5.25. The van der Waals surface area contributed by atoms with Crippen LogP contribution >= 0.6 is 0 Å². The van der Waals surface area contributed by atoms with Crippen molar-refractivity contribution in [2.24, 2.45) is 0 Å². The van der Waals surface area contributed by atoms with Crippen molar-refractivity contribution in [3.8, 4) is 11.5 Å². The predicted octanol–water partition coefficient (Wildman–Crippen LogP) is 2.71. The number of ether oxygens (including phenoxy) is 2. The average molecular weight is 321 g/mol. The zero-order valence-electron chi connectivity index (χ0n) is 12.6. The highest BCUT2D eigenvalue weighted by Crippen LogP contribution is 2.25. The Labute approximate surface area is 133 Å². The quantitative estimate of drug-likeness (QED) is 0.853. The van der Waals surface area contributed by atoms with Crippen LogP contribution < -0.4 is 14.8 Å². The first-order chi connectivity index (χ1) is 11.1. The fraction of sp³-hybridized carbons (Fsp3) is 0.235. The molecule has 1 N–H and O–H groups in total. The molecule has 0 saturated heterocycles. The van der Waals surface area contributed by atoms with E-state index in [0.29, 0.717) is 23.5 Å². The topological polar surface area (TPSA) is 47.6 Å². The van der Waals surface area contributed by atoms with Gasteiger partial charge in [0.05, 0.1) is 7.11 Å². The van der Waals surface area contributed by atoms with Gasteiger partial charge >= 0.3 is 0 Å². The fourth-order valence-corrected chi connectivity index (χ4v) is 2.03. The number of nitrogens with one attached hydrogen (secondary N) is 1. The SMILES string of the molecule is COc1ccccc1OCC(=O)NCCc1cc(F)cc(F)c1. The normalized spacial score (nSPS) is 10.2. The Kier molecular flexibility index (Phi) is 5.91. The van der Waals surface area contributed by atoms with E-state index in [1.54, 1.807) is 24.3 Å². The maximum Gasteiger partial charge on any atom is 0.257 e. The molecule has 0 radical (unpaired) electrons. The maximum absolute atomic E-state index is 13.0. The number of hydrogen-bond acceptors (Lipinski definition) is 3. The maximum atomic E-state index is 13.0. The molecule has 0 aliphatic carbocycles. The van der Waals surface area contributed by atoms with Gasteiger partial charge in [-0.05, 0) is 36.2 Å². The molecule has 0 aliphatic heterocycles. The molecule has 122 valence electrons. The molecule has 23 heavy (non-hydrogen) atoms. The molecule has 0 unspecified atom stereocenters. The Morgan fingerprint density at radius 2 is 1.74 bits per heavy atom. The van der Waals surface area contributed by atoms with E-state index in [4.69, 9.17) is 9.47 Å². The van der Waals surface area contributed by atoms with Crippen molar-refractivity contribution in [2.45, 2.75) is 6.42 Å². The van der Waals surface area contributed by atoms with Crippen LogP contribution in [0.2, 0.25) is 0 Å². The Morgan fingerprint density at radius 1 is 1.09 bits per heavy atom. The summed E-state index contributed by atoms with van der Waals surface area (Å²) in [7, 11) is 1.51. The molecule has 0 heterocycles. The molecular weight excluding hydrogens is 304 g/mol. The lowest BCUT2D eigenvalue weighted by Gasteiger charge is -2.10. The lowest BCUT2D eigenvalue weighted by atomic mass is 10.1. The van der Waals surface area contributed by atoms with Gasteiger partial charge < -0.3 is 14.8 Å². The zero-order valence-corrected chi connectivity index (χ0v) is 12.6. The van der Waals surface area contributed by atoms with E-state index < -0.39 is 11.6 Å². The highest BCUT2D eigenvalue weighted by molar-refractivity contribution is 5.77. The number of hydrogen-bond donors (Lipinski definition) is 1. The molecule has 1 amide bonds. The van der Waals surface area contributed by atoms with Crippen LogP contribution in [0.25, 0.3) is 0 Å². The highest BCUT2D eigenvalue weighted by Gasteiger charge is 2.07. The molecule has 4 nitrogen and oxygen atoms in total. The third-order valence-electron chi connectivity index (χ3n) is 3.09. The lowest BCUT2D eigenvalue weighted by molar-refractivity contribution is -0.123. The van der Waals surface area contributed by atoms with E-state index in [2.05, 4.69) is 5.32 Å². The summed E-state index contributed by atoms with van der Waals surface area (Å²) in [5.74, 6) is -0.586. The van der Waals surface area contributed by atoms with Gasteiger partial charge in [-0.25, -0.2) is 8.78 Å². The second-order valence-corrected chi connectivity index (χ2v) is 4.82. The van der Waals surface area contributed by atoms with Crippen molar-refractivity contribution < 1.29 is 23.0 Å². The van der Waals surface area contributed by atoms with E-state index in [0.717, 1.165) is 6.07 Å².